The summed E-state index contributed by atoms with van der Waals surface area (Å²) < 4.78 is 3.24. The molecule has 4 aromatic rings. The van der Waals surface area contributed by atoms with Gasteiger partial charge >= 0.3 is 0 Å². The first-order valence-corrected chi connectivity index (χ1v) is 7.91. The summed E-state index contributed by atoms with van der Waals surface area (Å²) in [5.74, 6) is 0.958. The number of rotatable bonds is 2. The van der Waals surface area contributed by atoms with E-state index in [-0.39, 0.29) is 0 Å². The Morgan fingerprint density at radius 3 is 2.18 bits per heavy atom. The Kier molecular flexibility index (Phi) is 3.28. The van der Waals surface area contributed by atoms with Crippen LogP contribution >= 0.6 is 15.9 Å². The number of hydrogen-bond acceptors (Lipinski definition) is 1. The largest absolute Gasteiger partial charge is 0.292 e. The molecule has 0 aliphatic heterocycles. The van der Waals surface area contributed by atoms with Crippen LogP contribution in [0.1, 0.15) is 0 Å². The fourth-order valence-electron chi connectivity index (χ4n) is 2.67. The minimum Gasteiger partial charge on any atom is -0.292 e. The van der Waals surface area contributed by atoms with Crippen LogP contribution < -0.4 is 0 Å². The number of aromatic nitrogens is 2. The molecule has 0 N–H and O–H groups in total. The summed E-state index contributed by atoms with van der Waals surface area (Å²) in [5.41, 5.74) is 4.31. The quantitative estimate of drug-likeness (QED) is 0.470. The molecule has 22 heavy (non-hydrogen) atoms. The summed E-state index contributed by atoms with van der Waals surface area (Å²) in [7, 11) is 0. The molecule has 0 saturated heterocycles. The summed E-state index contributed by atoms with van der Waals surface area (Å²) in [6.07, 6.45) is 0. The minimum absolute atomic E-state index is 0.958. The molecule has 0 saturated carbocycles. The molecule has 3 heteroatoms. The van der Waals surface area contributed by atoms with Crippen molar-refractivity contribution >= 4 is 27.0 Å². The maximum atomic E-state index is 4.85. The van der Waals surface area contributed by atoms with Gasteiger partial charge in [0.15, 0.2) is 0 Å². The highest BCUT2D eigenvalue weighted by Crippen LogP contribution is 2.29. The molecule has 0 atom stereocenters. The second kappa shape index (κ2) is 5.43. The summed E-state index contributed by atoms with van der Waals surface area (Å²) in [5, 5.41) is 0. The number of nitrogens with zero attached hydrogens (tertiary/aromatic N) is 2. The zero-order chi connectivity index (χ0) is 14.9. The van der Waals surface area contributed by atoms with Crippen LogP contribution in [-0.2, 0) is 0 Å². The van der Waals surface area contributed by atoms with Crippen molar-refractivity contribution in [2.45, 2.75) is 0 Å². The fourth-order valence-corrected chi connectivity index (χ4v) is 3.02. The van der Waals surface area contributed by atoms with E-state index in [0.29, 0.717) is 0 Å². The van der Waals surface area contributed by atoms with Gasteiger partial charge in [0, 0.05) is 15.7 Å². The van der Waals surface area contributed by atoms with Crippen molar-refractivity contribution in [3.8, 4) is 17.1 Å². The maximum Gasteiger partial charge on any atom is 0.145 e. The monoisotopic (exact) mass is 348 g/mol. The van der Waals surface area contributed by atoms with E-state index in [1.807, 2.05) is 24.3 Å². The predicted octanol–water partition coefficient (Wildman–Crippen LogP) is 5.46. The highest BCUT2D eigenvalue weighted by atomic mass is 79.9. The first-order valence-electron chi connectivity index (χ1n) is 7.12. The predicted molar refractivity (Wildman–Crippen MR) is 94.2 cm³/mol. The van der Waals surface area contributed by atoms with Crippen LogP contribution in [0.5, 0.6) is 0 Å². The van der Waals surface area contributed by atoms with Crippen LogP contribution in [0.4, 0.5) is 0 Å². The highest BCUT2D eigenvalue weighted by molar-refractivity contribution is 9.10. The van der Waals surface area contributed by atoms with Gasteiger partial charge in [0.25, 0.3) is 0 Å². The van der Waals surface area contributed by atoms with E-state index in [1.165, 1.54) is 0 Å². The smallest absolute Gasteiger partial charge is 0.145 e. The first-order chi connectivity index (χ1) is 10.8. The third kappa shape index (κ3) is 2.24. The van der Waals surface area contributed by atoms with Crippen LogP contribution in [-0.4, -0.2) is 9.55 Å². The highest BCUT2D eigenvalue weighted by Gasteiger charge is 2.13. The topological polar surface area (TPSA) is 17.8 Å². The van der Waals surface area contributed by atoms with E-state index in [1.54, 1.807) is 0 Å². The fraction of sp³-hybridized carbons (Fsp3) is 0. The van der Waals surface area contributed by atoms with Crippen LogP contribution in [0.3, 0.4) is 0 Å². The molecular formula is C19H13BrN2. The van der Waals surface area contributed by atoms with Gasteiger partial charge in [0.2, 0.25) is 0 Å². The average molecular weight is 349 g/mol. The Hall–Kier alpha value is -2.39. The summed E-state index contributed by atoms with van der Waals surface area (Å²) in [6.45, 7) is 0. The van der Waals surface area contributed by atoms with Crippen LogP contribution in [0, 0.1) is 0 Å². The zero-order valence-corrected chi connectivity index (χ0v) is 13.4. The van der Waals surface area contributed by atoms with Crippen molar-refractivity contribution in [1.82, 2.24) is 9.55 Å². The van der Waals surface area contributed by atoms with E-state index in [0.717, 1.165) is 32.6 Å². The molecule has 0 spiro atoms. The van der Waals surface area contributed by atoms with Crippen molar-refractivity contribution in [2.75, 3.05) is 0 Å². The molecule has 3 aromatic carbocycles. The molecule has 0 radical (unpaired) electrons. The number of halogens is 1. The van der Waals surface area contributed by atoms with Crippen LogP contribution in [0.25, 0.3) is 28.1 Å². The number of hydrogen-bond donors (Lipinski definition) is 0. The van der Waals surface area contributed by atoms with Gasteiger partial charge in [-0.2, -0.15) is 0 Å². The second-order valence-electron chi connectivity index (χ2n) is 5.11. The Morgan fingerprint density at radius 1 is 0.773 bits per heavy atom. The molecule has 1 heterocycles. The van der Waals surface area contributed by atoms with Crippen molar-refractivity contribution in [1.29, 1.82) is 0 Å². The summed E-state index contributed by atoms with van der Waals surface area (Å²) in [6, 6.07) is 26.8. The lowest BCUT2D eigenvalue weighted by Crippen LogP contribution is -1.96. The summed E-state index contributed by atoms with van der Waals surface area (Å²) in [4.78, 5) is 4.85. The SMILES string of the molecule is Brc1ccc2c(c1)nc(-c1ccccc1)n2-c1ccccc1. The standard InChI is InChI=1S/C19H13BrN2/c20-15-11-12-18-17(13-15)21-19(14-7-3-1-4-8-14)22(18)16-9-5-2-6-10-16/h1-13H. The van der Waals surface area contributed by atoms with E-state index < -0.39 is 0 Å². The minimum atomic E-state index is 0.958. The van der Waals surface area contributed by atoms with Crippen molar-refractivity contribution in [3.63, 3.8) is 0 Å². The normalized spacial score (nSPS) is 11.0. The molecule has 0 aliphatic rings. The number of para-hydroxylation sites is 1. The van der Waals surface area contributed by atoms with E-state index in [2.05, 4.69) is 75.1 Å². The molecule has 0 aliphatic carbocycles. The molecule has 0 bridgehead atoms. The van der Waals surface area contributed by atoms with Gasteiger partial charge in [-0.15, -0.1) is 0 Å². The van der Waals surface area contributed by atoms with Gasteiger partial charge in [-0.05, 0) is 30.3 Å². The van der Waals surface area contributed by atoms with Gasteiger partial charge in [-0.3, -0.25) is 4.57 Å². The van der Waals surface area contributed by atoms with Gasteiger partial charge in [0.05, 0.1) is 11.0 Å². The second-order valence-corrected chi connectivity index (χ2v) is 6.02. The Balaban J connectivity index is 2.07. The Bertz CT molecular complexity index is 928. The molecule has 2 nitrogen and oxygen atoms in total. The van der Waals surface area contributed by atoms with Crippen molar-refractivity contribution in [3.05, 3.63) is 83.3 Å². The van der Waals surface area contributed by atoms with E-state index >= 15 is 0 Å². The molecule has 1 aromatic heterocycles. The van der Waals surface area contributed by atoms with Crippen LogP contribution in [0.2, 0.25) is 0 Å². The number of imidazole rings is 1. The molecule has 4 rings (SSSR count). The third-order valence-electron chi connectivity index (χ3n) is 3.66. The van der Waals surface area contributed by atoms with Crippen LogP contribution in [0.15, 0.2) is 83.3 Å². The summed E-state index contributed by atoms with van der Waals surface area (Å²) >= 11 is 3.53. The molecular weight excluding hydrogens is 336 g/mol. The number of benzene rings is 3. The zero-order valence-electron chi connectivity index (χ0n) is 11.8. The Labute approximate surface area is 137 Å². The van der Waals surface area contributed by atoms with Crippen molar-refractivity contribution in [2.24, 2.45) is 0 Å². The third-order valence-corrected chi connectivity index (χ3v) is 4.16. The van der Waals surface area contributed by atoms with E-state index in [4.69, 9.17) is 4.98 Å². The molecule has 0 amide bonds. The number of fused-ring (bicyclic) bond motifs is 1. The maximum absolute atomic E-state index is 4.85. The van der Waals surface area contributed by atoms with Gasteiger partial charge < -0.3 is 0 Å². The van der Waals surface area contributed by atoms with Gasteiger partial charge in [-0.25, -0.2) is 4.98 Å². The lowest BCUT2D eigenvalue weighted by molar-refractivity contribution is 1.10. The molecule has 0 unspecified atom stereocenters. The lowest BCUT2D eigenvalue weighted by atomic mass is 10.2. The molecule has 0 fully saturated rings. The first kappa shape index (κ1) is 13.3. The van der Waals surface area contributed by atoms with E-state index in [9.17, 15) is 0 Å². The van der Waals surface area contributed by atoms with Crippen molar-refractivity contribution < 1.29 is 0 Å². The average Bonchev–Trinajstić information content (AvgIpc) is 2.95. The lowest BCUT2D eigenvalue weighted by Gasteiger charge is -2.09. The van der Waals surface area contributed by atoms with Gasteiger partial charge in [-0.1, -0.05) is 64.5 Å². The van der Waals surface area contributed by atoms with Gasteiger partial charge in [0.1, 0.15) is 5.82 Å². The Morgan fingerprint density at radius 2 is 1.45 bits per heavy atom. The molecule has 106 valence electrons.